The van der Waals surface area contributed by atoms with Crippen molar-refractivity contribution in [3.8, 4) is 0 Å². The largest absolute Gasteiger partial charge is 0.478 e. The Hall–Kier alpha value is -1.82. The van der Waals surface area contributed by atoms with E-state index < -0.39 is 17.6 Å². The number of fused-ring (bicyclic) bond motifs is 1. The summed E-state index contributed by atoms with van der Waals surface area (Å²) in [6.45, 7) is 0.333. The molecule has 0 fully saturated rings. The first-order valence-electron chi connectivity index (χ1n) is 5.05. The molecule has 0 saturated carbocycles. The summed E-state index contributed by atoms with van der Waals surface area (Å²) >= 11 is 0. The summed E-state index contributed by atoms with van der Waals surface area (Å²) in [7, 11) is 0. The van der Waals surface area contributed by atoms with Crippen LogP contribution in [0.5, 0.6) is 0 Å². The molecule has 0 atom stereocenters. The maximum Gasteiger partial charge on any atom is 0.336 e. The second-order valence-corrected chi connectivity index (χ2v) is 3.75. The number of carbonyl (C=O) groups is 1. The molecule has 1 aromatic rings. The van der Waals surface area contributed by atoms with Gasteiger partial charge in [0.15, 0.2) is 11.6 Å². The van der Waals surface area contributed by atoms with Gasteiger partial charge in [-0.2, -0.15) is 0 Å². The Bertz CT molecular complexity index is 527. The number of aromatic carboxylic acids is 1. The van der Waals surface area contributed by atoms with Crippen LogP contribution in [0.25, 0.3) is 0 Å². The second-order valence-electron chi connectivity index (χ2n) is 3.75. The number of benzene rings is 1. The molecule has 6 heteroatoms. The molecule has 90 valence electrons. The summed E-state index contributed by atoms with van der Waals surface area (Å²) in [5, 5.41) is 8.92. The molecule has 0 amide bonds. The Morgan fingerprint density at radius 1 is 1.53 bits per heavy atom. The normalized spacial score (nSPS) is 13.5. The van der Waals surface area contributed by atoms with Gasteiger partial charge < -0.3 is 10.8 Å². The van der Waals surface area contributed by atoms with Crippen LogP contribution in [-0.2, 0) is 6.42 Å². The lowest BCUT2D eigenvalue weighted by Crippen LogP contribution is -2.09. The maximum absolute atomic E-state index is 13.5. The third-order valence-corrected chi connectivity index (χ3v) is 2.61. The SMILES string of the molecule is NCCC1=Nc2c(F)c(F)cc(C(=O)O)c2C1. The molecular formula is C11H10F2N2O2. The number of carboxylic acids is 1. The van der Waals surface area contributed by atoms with Gasteiger partial charge in [0.05, 0.1) is 5.56 Å². The predicted molar refractivity (Wildman–Crippen MR) is 57.8 cm³/mol. The maximum atomic E-state index is 13.5. The highest BCUT2D eigenvalue weighted by Gasteiger charge is 2.26. The zero-order valence-electron chi connectivity index (χ0n) is 8.83. The summed E-state index contributed by atoms with van der Waals surface area (Å²) in [6.07, 6.45) is 0.653. The summed E-state index contributed by atoms with van der Waals surface area (Å²) in [6, 6.07) is 0.692. The number of hydrogen-bond donors (Lipinski definition) is 2. The van der Waals surface area contributed by atoms with E-state index in [0.717, 1.165) is 0 Å². The number of hydrogen-bond acceptors (Lipinski definition) is 3. The molecule has 17 heavy (non-hydrogen) atoms. The molecule has 0 aliphatic carbocycles. The van der Waals surface area contributed by atoms with Gasteiger partial charge in [-0.3, -0.25) is 4.99 Å². The van der Waals surface area contributed by atoms with Gasteiger partial charge in [0.25, 0.3) is 0 Å². The van der Waals surface area contributed by atoms with Gasteiger partial charge in [0.1, 0.15) is 5.69 Å². The van der Waals surface area contributed by atoms with E-state index in [1.54, 1.807) is 0 Å². The third-order valence-electron chi connectivity index (χ3n) is 2.61. The van der Waals surface area contributed by atoms with Crippen molar-refractivity contribution in [2.45, 2.75) is 12.8 Å². The van der Waals surface area contributed by atoms with E-state index in [-0.39, 0.29) is 23.2 Å². The van der Waals surface area contributed by atoms with Crippen molar-refractivity contribution >= 4 is 17.4 Å². The number of rotatable bonds is 3. The minimum atomic E-state index is -1.29. The van der Waals surface area contributed by atoms with E-state index in [1.165, 1.54) is 0 Å². The topological polar surface area (TPSA) is 75.7 Å². The first-order valence-corrected chi connectivity index (χ1v) is 5.05. The van der Waals surface area contributed by atoms with Crippen LogP contribution in [0.15, 0.2) is 11.1 Å². The quantitative estimate of drug-likeness (QED) is 0.843. The Kier molecular flexibility index (Phi) is 2.89. The van der Waals surface area contributed by atoms with Gasteiger partial charge in [-0.25, -0.2) is 13.6 Å². The molecule has 0 bridgehead atoms. The molecule has 0 unspecified atom stereocenters. The van der Waals surface area contributed by atoms with Gasteiger partial charge in [-0.05, 0) is 19.0 Å². The van der Waals surface area contributed by atoms with E-state index in [9.17, 15) is 13.6 Å². The fourth-order valence-electron chi connectivity index (χ4n) is 1.85. The molecule has 1 heterocycles. The van der Waals surface area contributed by atoms with Crippen molar-refractivity contribution in [3.63, 3.8) is 0 Å². The van der Waals surface area contributed by atoms with E-state index >= 15 is 0 Å². The molecule has 1 aliphatic rings. The molecule has 2 rings (SSSR count). The number of nitrogens with zero attached hydrogens (tertiary/aromatic N) is 1. The molecular weight excluding hydrogens is 230 g/mol. The van der Waals surface area contributed by atoms with Crippen LogP contribution in [0, 0.1) is 11.6 Å². The van der Waals surface area contributed by atoms with Gasteiger partial charge in [-0.1, -0.05) is 0 Å². The highest BCUT2D eigenvalue weighted by molar-refractivity contribution is 6.00. The Balaban J connectivity index is 2.54. The minimum absolute atomic E-state index is 0.203. The lowest BCUT2D eigenvalue weighted by Gasteiger charge is -2.04. The van der Waals surface area contributed by atoms with Crippen LogP contribution >= 0.6 is 0 Å². The van der Waals surface area contributed by atoms with Crippen LogP contribution < -0.4 is 5.73 Å². The highest BCUT2D eigenvalue weighted by atomic mass is 19.2. The second kappa shape index (κ2) is 4.21. The molecule has 0 radical (unpaired) electrons. The van der Waals surface area contributed by atoms with Crippen molar-refractivity contribution in [3.05, 3.63) is 28.8 Å². The molecule has 1 aliphatic heterocycles. The molecule has 0 saturated heterocycles. The third kappa shape index (κ3) is 1.91. The highest BCUT2D eigenvalue weighted by Crippen LogP contribution is 2.34. The zero-order valence-corrected chi connectivity index (χ0v) is 8.83. The first-order chi connectivity index (χ1) is 8.04. The van der Waals surface area contributed by atoms with Gasteiger partial charge in [-0.15, -0.1) is 0 Å². The predicted octanol–water partition coefficient (Wildman–Crippen LogP) is 1.64. The smallest absolute Gasteiger partial charge is 0.336 e. The van der Waals surface area contributed by atoms with Crippen LogP contribution in [0.2, 0.25) is 0 Å². The molecule has 4 nitrogen and oxygen atoms in total. The average Bonchev–Trinajstić information content (AvgIpc) is 2.67. The summed E-state index contributed by atoms with van der Waals surface area (Å²) in [4.78, 5) is 14.8. The van der Waals surface area contributed by atoms with Gasteiger partial charge in [0.2, 0.25) is 0 Å². The van der Waals surface area contributed by atoms with Crippen molar-refractivity contribution in [1.82, 2.24) is 0 Å². The number of halogens is 2. The van der Waals surface area contributed by atoms with E-state index in [0.29, 0.717) is 24.7 Å². The van der Waals surface area contributed by atoms with Crippen molar-refractivity contribution in [2.24, 2.45) is 10.7 Å². The van der Waals surface area contributed by atoms with Crippen LogP contribution in [0.4, 0.5) is 14.5 Å². The zero-order chi connectivity index (χ0) is 12.6. The Morgan fingerprint density at radius 2 is 2.24 bits per heavy atom. The molecule has 0 spiro atoms. The fraction of sp³-hybridized carbons (Fsp3) is 0.273. The number of nitrogens with two attached hydrogens (primary N) is 1. The van der Waals surface area contributed by atoms with Crippen LogP contribution in [0.1, 0.15) is 22.3 Å². The summed E-state index contributed by atoms with van der Waals surface area (Å²) in [5.74, 6) is -3.58. The van der Waals surface area contributed by atoms with Crippen molar-refractivity contribution < 1.29 is 18.7 Å². The Morgan fingerprint density at radius 3 is 2.82 bits per heavy atom. The van der Waals surface area contributed by atoms with Crippen LogP contribution in [0.3, 0.4) is 0 Å². The summed E-state index contributed by atoms with van der Waals surface area (Å²) in [5.41, 5.74) is 5.70. The van der Waals surface area contributed by atoms with E-state index in [1.807, 2.05) is 0 Å². The fourth-order valence-corrected chi connectivity index (χ4v) is 1.85. The van der Waals surface area contributed by atoms with E-state index in [4.69, 9.17) is 10.8 Å². The van der Waals surface area contributed by atoms with Gasteiger partial charge in [0, 0.05) is 17.7 Å². The number of carboxylic acid groups (broad SMARTS) is 1. The first kappa shape index (κ1) is 11.7. The lowest BCUT2D eigenvalue weighted by molar-refractivity contribution is 0.0695. The monoisotopic (exact) mass is 240 g/mol. The molecule has 0 aromatic heterocycles. The lowest BCUT2D eigenvalue weighted by atomic mass is 10.0. The minimum Gasteiger partial charge on any atom is -0.478 e. The Labute approximate surface area is 95.8 Å². The van der Waals surface area contributed by atoms with Crippen LogP contribution in [-0.4, -0.2) is 23.3 Å². The van der Waals surface area contributed by atoms with Crippen molar-refractivity contribution in [1.29, 1.82) is 0 Å². The summed E-state index contributed by atoms with van der Waals surface area (Å²) < 4.78 is 26.6. The van der Waals surface area contributed by atoms with Crippen molar-refractivity contribution in [2.75, 3.05) is 6.54 Å². The molecule has 1 aromatic carbocycles. The molecule has 3 N–H and O–H groups in total. The van der Waals surface area contributed by atoms with E-state index in [2.05, 4.69) is 4.99 Å². The average molecular weight is 240 g/mol. The standard InChI is InChI=1S/C11H10F2N2O2/c12-8-4-7(11(16)17)6-3-5(1-2-14)15-10(6)9(8)13/h4H,1-3,14H2,(H,16,17). The van der Waals surface area contributed by atoms with Gasteiger partial charge >= 0.3 is 5.97 Å². The number of aliphatic imine (C=N–C) groups is 1.